The molecule has 2 atom stereocenters. The normalized spacial score (nSPS) is 14.5. The van der Waals surface area contributed by atoms with Gasteiger partial charge in [0.2, 0.25) is 0 Å². The van der Waals surface area contributed by atoms with Gasteiger partial charge in [-0.2, -0.15) is 0 Å². The lowest BCUT2D eigenvalue weighted by atomic mass is 9.90. The minimum absolute atomic E-state index is 0.159. The number of H-pyrrole nitrogens is 2. The van der Waals surface area contributed by atoms with Crippen LogP contribution in [-0.2, 0) is 0 Å². The van der Waals surface area contributed by atoms with Crippen LogP contribution in [0.4, 0.5) is 0 Å². The summed E-state index contributed by atoms with van der Waals surface area (Å²) in [5.74, 6) is 0.543. The highest BCUT2D eigenvalue weighted by Gasteiger charge is 2.21. The summed E-state index contributed by atoms with van der Waals surface area (Å²) in [4.78, 5) is 17.1. The van der Waals surface area contributed by atoms with Gasteiger partial charge in [-0.15, -0.1) is 0 Å². The van der Waals surface area contributed by atoms with Crippen LogP contribution in [0.25, 0.3) is 11.0 Å². The zero-order valence-electron chi connectivity index (χ0n) is 12.9. The molecule has 2 unspecified atom stereocenters. The van der Waals surface area contributed by atoms with Gasteiger partial charge in [-0.25, -0.2) is 4.79 Å². The zero-order valence-corrected chi connectivity index (χ0v) is 14.5. The summed E-state index contributed by atoms with van der Waals surface area (Å²) in [5, 5.41) is 3.65. The van der Waals surface area contributed by atoms with E-state index in [1.165, 1.54) is 18.4 Å². The second-order valence-electron chi connectivity index (χ2n) is 5.70. The van der Waals surface area contributed by atoms with E-state index < -0.39 is 0 Å². The van der Waals surface area contributed by atoms with Crippen molar-refractivity contribution in [3.63, 3.8) is 0 Å². The molecular weight excluding hydrogens is 330 g/mol. The minimum Gasteiger partial charge on any atom is -0.310 e. The van der Waals surface area contributed by atoms with E-state index in [-0.39, 0.29) is 5.69 Å². The molecule has 2 rings (SSSR count). The van der Waals surface area contributed by atoms with Crippen molar-refractivity contribution in [1.82, 2.24) is 15.3 Å². The SMILES string of the molecule is CCCNC(c1cc2[nH]c(=O)[nH]c2cc1Br)C(C)CCC. The first-order valence-corrected chi connectivity index (χ1v) is 8.50. The fourth-order valence-electron chi connectivity index (χ4n) is 2.85. The molecule has 1 heterocycles. The van der Waals surface area contributed by atoms with Gasteiger partial charge in [-0.05, 0) is 43.0 Å². The lowest BCUT2D eigenvalue weighted by Gasteiger charge is -2.26. The number of fused-ring (bicyclic) bond motifs is 1. The molecule has 3 N–H and O–H groups in total. The number of hydrogen-bond donors (Lipinski definition) is 3. The fraction of sp³-hybridized carbons (Fsp3) is 0.562. The molecule has 0 saturated heterocycles. The van der Waals surface area contributed by atoms with Crippen LogP contribution < -0.4 is 11.0 Å². The van der Waals surface area contributed by atoms with Crippen LogP contribution in [0.15, 0.2) is 21.4 Å². The molecule has 1 aromatic carbocycles. The molecule has 0 saturated carbocycles. The highest BCUT2D eigenvalue weighted by Crippen LogP contribution is 2.33. The van der Waals surface area contributed by atoms with Crippen molar-refractivity contribution in [2.24, 2.45) is 5.92 Å². The van der Waals surface area contributed by atoms with E-state index in [1.807, 2.05) is 6.07 Å². The largest absolute Gasteiger partial charge is 0.323 e. The Labute approximate surface area is 133 Å². The first-order chi connectivity index (χ1) is 10.1. The van der Waals surface area contributed by atoms with Crippen LogP contribution in [-0.4, -0.2) is 16.5 Å². The maximum Gasteiger partial charge on any atom is 0.323 e. The van der Waals surface area contributed by atoms with E-state index in [1.54, 1.807) is 0 Å². The van der Waals surface area contributed by atoms with Crippen LogP contribution in [0.1, 0.15) is 51.6 Å². The number of halogens is 1. The van der Waals surface area contributed by atoms with Gasteiger partial charge < -0.3 is 15.3 Å². The number of aromatic amines is 2. The molecule has 4 nitrogen and oxygen atoms in total. The van der Waals surface area contributed by atoms with Crippen LogP contribution in [0, 0.1) is 5.92 Å². The molecule has 21 heavy (non-hydrogen) atoms. The van der Waals surface area contributed by atoms with Crippen LogP contribution in [0.2, 0.25) is 0 Å². The molecule has 0 aliphatic rings. The lowest BCUT2D eigenvalue weighted by Crippen LogP contribution is -2.28. The number of benzene rings is 1. The average Bonchev–Trinajstić information content (AvgIpc) is 2.78. The molecule has 116 valence electrons. The molecule has 2 aromatic rings. The van der Waals surface area contributed by atoms with Gasteiger partial charge in [0, 0.05) is 10.5 Å². The molecule has 1 aromatic heterocycles. The summed E-state index contributed by atoms with van der Waals surface area (Å²) < 4.78 is 1.04. The quantitative estimate of drug-likeness (QED) is 0.701. The van der Waals surface area contributed by atoms with Crippen molar-refractivity contribution in [3.05, 3.63) is 32.7 Å². The van der Waals surface area contributed by atoms with Crippen molar-refractivity contribution in [2.75, 3.05) is 6.54 Å². The highest BCUT2D eigenvalue weighted by molar-refractivity contribution is 9.10. The highest BCUT2D eigenvalue weighted by atomic mass is 79.9. The zero-order chi connectivity index (χ0) is 15.4. The molecule has 5 heteroatoms. The summed E-state index contributed by atoms with van der Waals surface area (Å²) in [6, 6.07) is 4.36. The Morgan fingerprint density at radius 1 is 1.19 bits per heavy atom. The van der Waals surface area contributed by atoms with Crippen LogP contribution >= 0.6 is 15.9 Å². The molecule has 0 amide bonds. The third-order valence-electron chi connectivity index (χ3n) is 3.90. The monoisotopic (exact) mass is 353 g/mol. The van der Waals surface area contributed by atoms with E-state index in [2.05, 4.69) is 58.1 Å². The topological polar surface area (TPSA) is 60.7 Å². The van der Waals surface area contributed by atoms with E-state index >= 15 is 0 Å². The fourth-order valence-corrected chi connectivity index (χ4v) is 3.44. The summed E-state index contributed by atoms with van der Waals surface area (Å²) in [6.07, 6.45) is 3.46. The number of aromatic nitrogens is 2. The van der Waals surface area contributed by atoms with Gasteiger partial charge in [0.15, 0.2) is 0 Å². The van der Waals surface area contributed by atoms with Gasteiger partial charge in [0.25, 0.3) is 0 Å². The lowest BCUT2D eigenvalue weighted by molar-refractivity contribution is 0.362. The Kier molecular flexibility index (Phi) is 5.65. The predicted octanol–water partition coefficient (Wildman–Crippen LogP) is 4.10. The Morgan fingerprint density at radius 2 is 1.86 bits per heavy atom. The number of nitrogens with one attached hydrogen (secondary N) is 3. The second kappa shape index (κ2) is 7.27. The van der Waals surface area contributed by atoms with Crippen molar-refractivity contribution >= 4 is 27.0 Å². The summed E-state index contributed by atoms with van der Waals surface area (Å²) >= 11 is 3.66. The Hall–Kier alpha value is -1.07. The second-order valence-corrected chi connectivity index (χ2v) is 6.55. The van der Waals surface area contributed by atoms with Gasteiger partial charge in [-0.3, -0.25) is 0 Å². The first-order valence-electron chi connectivity index (χ1n) is 7.71. The van der Waals surface area contributed by atoms with Crippen molar-refractivity contribution in [2.45, 2.75) is 46.1 Å². The van der Waals surface area contributed by atoms with E-state index in [9.17, 15) is 4.79 Å². The first kappa shape index (κ1) is 16.3. The van der Waals surface area contributed by atoms with Crippen molar-refractivity contribution < 1.29 is 0 Å². The minimum atomic E-state index is -0.159. The van der Waals surface area contributed by atoms with Gasteiger partial charge >= 0.3 is 5.69 Å². The molecule has 0 aliphatic heterocycles. The van der Waals surface area contributed by atoms with Gasteiger partial charge in [0.1, 0.15) is 0 Å². The van der Waals surface area contributed by atoms with Crippen LogP contribution in [0.3, 0.4) is 0 Å². The molecule has 0 radical (unpaired) electrons. The standard InChI is InChI=1S/C16H24BrN3O/c1-4-6-10(3)15(18-7-5-2)11-8-13-14(9-12(11)17)20-16(21)19-13/h8-10,15,18H,4-7H2,1-3H3,(H2,19,20,21). The molecule has 0 bridgehead atoms. The van der Waals surface area contributed by atoms with Crippen molar-refractivity contribution in [1.29, 1.82) is 0 Å². The number of rotatable bonds is 7. The molecule has 0 spiro atoms. The Balaban J connectivity index is 2.41. The maximum atomic E-state index is 11.4. The smallest absolute Gasteiger partial charge is 0.310 e. The van der Waals surface area contributed by atoms with Crippen molar-refractivity contribution in [3.8, 4) is 0 Å². The van der Waals surface area contributed by atoms with Gasteiger partial charge in [0.05, 0.1) is 11.0 Å². The third kappa shape index (κ3) is 3.77. The third-order valence-corrected chi connectivity index (χ3v) is 4.58. The summed E-state index contributed by atoms with van der Waals surface area (Å²) in [6.45, 7) is 7.67. The Bertz CT molecular complexity index is 646. The molecular formula is C16H24BrN3O. The van der Waals surface area contributed by atoms with E-state index in [4.69, 9.17) is 0 Å². The summed E-state index contributed by atoms with van der Waals surface area (Å²) in [5.41, 5.74) is 2.76. The Morgan fingerprint density at radius 3 is 2.48 bits per heavy atom. The summed E-state index contributed by atoms with van der Waals surface area (Å²) in [7, 11) is 0. The van der Waals surface area contributed by atoms with E-state index in [0.29, 0.717) is 12.0 Å². The van der Waals surface area contributed by atoms with Crippen LogP contribution in [0.5, 0.6) is 0 Å². The van der Waals surface area contributed by atoms with Gasteiger partial charge in [-0.1, -0.05) is 43.1 Å². The molecule has 0 fully saturated rings. The maximum absolute atomic E-state index is 11.4. The number of imidazole rings is 1. The predicted molar refractivity (Wildman–Crippen MR) is 91.7 cm³/mol. The molecule has 0 aliphatic carbocycles. The van der Waals surface area contributed by atoms with E-state index in [0.717, 1.165) is 28.5 Å². The average molecular weight is 354 g/mol. The number of hydrogen-bond acceptors (Lipinski definition) is 2.